The molecular formula is C8H4BrFN3. The Morgan fingerprint density at radius 3 is 2.85 bits per heavy atom. The highest BCUT2D eigenvalue weighted by atomic mass is 79.9. The van der Waals surface area contributed by atoms with Crippen molar-refractivity contribution < 1.29 is 4.39 Å². The highest BCUT2D eigenvalue weighted by Crippen LogP contribution is 2.19. The smallest absolute Gasteiger partial charge is 0.186 e. The topological polar surface area (TPSA) is 38.8 Å². The number of halogens is 2. The molecule has 1 aliphatic rings. The van der Waals surface area contributed by atoms with Gasteiger partial charge in [0, 0.05) is 0 Å². The lowest BCUT2D eigenvalue weighted by Crippen LogP contribution is -2.12. The molecule has 1 aromatic carbocycles. The third kappa shape index (κ3) is 1.47. The molecule has 1 radical (unpaired) electrons. The minimum absolute atomic E-state index is 0.304. The van der Waals surface area contributed by atoms with Crippen LogP contribution in [0.1, 0.15) is 5.56 Å². The van der Waals surface area contributed by atoms with E-state index >= 15 is 0 Å². The molecule has 1 aromatic rings. The van der Waals surface area contributed by atoms with Crippen LogP contribution in [0.2, 0.25) is 0 Å². The molecule has 1 heterocycles. The highest BCUT2D eigenvalue weighted by Gasteiger charge is 2.14. The molecule has 0 amide bonds. The maximum Gasteiger partial charge on any atom is 0.186 e. The largest absolute Gasteiger partial charge is 0.213 e. The van der Waals surface area contributed by atoms with Gasteiger partial charge in [0.05, 0.1) is 10.0 Å². The predicted octanol–water partition coefficient (Wildman–Crippen LogP) is 1.90. The SMILES string of the molecule is Fc1c(Br)cccc1C1=NN=C[N]1. The van der Waals surface area contributed by atoms with Crippen LogP contribution in [0, 0.1) is 5.82 Å². The van der Waals surface area contributed by atoms with Crippen LogP contribution in [0.5, 0.6) is 0 Å². The molecule has 0 aliphatic carbocycles. The third-order valence-corrected chi connectivity index (χ3v) is 2.19. The summed E-state index contributed by atoms with van der Waals surface area (Å²) in [6.45, 7) is 0. The molecule has 0 aromatic heterocycles. The first-order chi connectivity index (χ1) is 6.29. The standard InChI is InChI=1S/C8H4BrFN3/c9-6-3-1-2-5(7(6)10)8-11-4-12-13-8/h1-4H. The molecule has 3 nitrogen and oxygen atoms in total. The molecule has 13 heavy (non-hydrogen) atoms. The molecule has 0 bridgehead atoms. The van der Waals surface area contributed by atoms with E-state index in [1.807, 2.05) is 0 Å². The van der Waals surface area contributed by atoms with Crippen LogP contribution in [0.25, 0.3) is 0 Å². The zero-order chi connectivity index (χ0) is 9.26. The molecule has 0 fully saturated rings. The van der Waals surface area contributed by atoms with Crippen molar-refractivity contribution in [2.24, 2.45) is 10.2 Å². The molecule has 0 saturated heterocycles. The Labute approximate surface area is 82.5 Å². The van der Waals surface area contributed by atoms with E-state index in [4.69, 9.17) is 0 Å². The monoisotopic (exact) mass is 240 g/mol. The fourth-order valence-electron chi connectivity index (χ4n) is 0.987. The van der Waals surface area contributed by atoms with Gasteiger partial charge < -0.3 is 0 Å². The van der Waals surface area contributed by atoms with Gasteiger partial charge in [-0.1, -0.05) is 6.07 Å². The first-order valence-electron chi connectivity index (χ1n) is 3.54. The Hall–Kier alpha value is -1.23. The first kappa shape index (κ1) is 8.37. The summed E-state index contributed by atoms with van der Waals surface area (Å²) in [6, 6.07) is 4.95. The summed E-state index contributed by atoms with van der Waals surface area (Å²) in [5.41, 5.74) is 0.354. The maximum atomic E-state index is 13.4. The molecular weight excluding hydrogens is 237 g/mol. The molecule has 0 saturated carbocycles. The van der Waals surface area contributed by atoms with E-state index in [2.05, 4.69) is 31.4 Å². The highest BCUT2D eigenvalue weighted by molar-refractivity contribution is 9.10. The Bertz CT molecular complexity index is 400. The molecule has 0 spiro atoms. The normalized spacial score (nSPS) is 14.2. The van der Waals surface area contributed by atoms with Crippen molar-refractivity contribution in [2.75, 3.05) is 0 Å². The summed E-state index contributed by atoms with van der Waals surface area (Å²) in [5, 5.41) is 11.0. The van der Waals surface area contributed by atoms with Crippen molar-refractivity contribution in [2.45, 2.75) is 0 Å². The van der Waals surface area contributed by atoms with E-state index in [-0.39, 0.29) is 5.82 Å². The fraction of sp³-hybridized carbons (Fsp3) is 0. The Morgan fingerprint density at radius 1 is 1.31 bits per heavy atom. The van der Waals surface area contributed by atoms with Crippen LogP contribution in [0.3, 0.4) is 0 Å². The van der Waals surface area contributed by atoms with Crippen LogP contribution >= 0.6 is 15.9 Å². The second-order valence-corrected chi connectivity index (χ2v) is 3.24. The lowest BCUT2D eigenvalue weighted by Gasteiger charge is -2.01. The van der Waals surface area contributed by atoms with Gasteiger partial charge in [0.2, 0.25) is 0 Å². The van der Waals surface area contributed by atoms with Crippen molar-refractivity contribution >= 4 is 28.1 Å². The molecule has 65 valence electrons. The molecule has 2 rings (SSSR count). The summed E-state index contributed by atoms with van der Waals surface area (Å²) in [6.07, 6.45) is 1.29. The van der Waals surface area contributed by atoms with Crippen LogP contribution in [-0.4, -0.2) is 12.2 Å². The molecule has 0 N–H and O–H groups in total. The average Bonchev–Trinajstić information content (AvgIpc) is 2.62. The zero-order valence-electron chi connectivity index (χ0n) is 6.41. The maximum absolute atomic E-state index is 13.4. The van der Waals surface area contributed by atoms with Gasteiger partial charge in [-0.2, -0.15) is 0 Å². The van der Waals surface area contributed by atoms with E-state index in [0.717, 1.165) is 0 Å². The van der Waals surface area contributed by atoms with Gasteiger partial charge in [-0.3, -0.25) is 0 Å². The Kier molecular flexibility index (Phi) is 2.10. The summed E-state index contributed by atoms with van der Waals surface area (Å²) in [7, 11) is 0. The predicted molar refractivity (Wildman–Crippen MR) is 51.3 cm³/mol. The first-order valence-corrected chi connectivity index (χ1v) is 4.33. The van der Waals surface area contributed by atoms with Crippen molar-refractivity contribution in [3.63, 3.8) is 0 Å². The van der Waals surface area contributed by atoms with Gasteiger partial charge in [0.15, 0.2) is 5.84 Å². The van der Waals surface area contributed by atoms with E-state index in [0.29, 0.717) is 15.9 Å². The number of hydrogen-bond donors (Lipinski definition) is 0. The van der Waals surface area contributed by atoms with Crippen LogP contribution in [0.15, 0.2) is 32.9 Å². The van der Waals surface area contributed by atoms with Crippen molar-refractivity contribution in [1.29, 1.82) is 0 Å². The van der Waals surface area contributed by atoms with E-state index in [9.17, 15) is 4.39 Å². The minimum Gasteiger partial charge on any atom is -0.213 e. The van der Waals surface area contributed by atoms with Crippen LogP contribution in [0.4, 0.5) is 4.39 Å². The molecule has 0 unspecified atom stereocenters. The van der Waals surface area contributed by atoms with Crippen molar-refractivity contribution in [3.8, 4) is 0 Å². The van der Waals surface area contributed by atoms with Crippen LogP contribution < -0.4 is 5.32 Å². The fourth-order valence-corrected chi connectivity index (χ4v) is 1.35. The Morgan fingerprint density at radius 2 is 2.15 bits per heavy atom. The lowest BCUT2D eigenvalue weighted by molar-refractivity contribution is 0.618. The summed E-state index contributed by atoms with van der Waals surface area (Å²) >= 11 is 3.08. The van der Waals surface area contributed by atoms with Gasteiger partial charge in [-0.25, -0.2) is 9.71 Å². The second-order valence-electron chi connectivity index (χ2n) is 2.39. The van der Waals surface area contributed by atoms with Gasteiger partial charge in [-0.15, -0.1) is 10.2 Å². The third-order valence-electron chi connectivity index (χ3n) is 1.58. The quantitative estimate of drug-likeness (QED) is 0.720. The number of benzene rings is 1. The van der Waals surface area contributed by atoms with Crippen molar-refractivity contribution in [3.05, 3.63) is 34.1 Å². The van der Waals surface area contributed by atoms with E-state index in [1.54, 1.807) is 18.2 Å². The molecule has 1 aliphatic heterocycles. The molecule has 5 heteroatoms. The lowest BCUT2D eigenvalue weighted by atomic mass is 10.2. The average molecular weight is 241 g/mol. The number of amidine groups is 1. The zero-order valence-corrected chi connectivity index (χ0v) is 7.99. The van der Waals surface area contributed by atoms with Gasteiger partial charge >= 0.3 is 0 Å². The van der Waals surface area contributed by atoms with E-state index in [1.165, 1.54) is 6.34 Å². The van der Waals surface area contributed by atoms with Gasteiger partial charge in [0.25, 0.3) is 0 Å². The number of nitrogens with zero attached hydrogens (tertiary/aromatic N) is 3. The minimum atomic E-state index is -0.365. The number of rotatable bonds is 1. The molecule has 0 atom stereocenters. The van der Waals surface area contributed by atoms with Gasteiger partial charge in [0.1, 0.15) is 12.2 Å². The van der Waals surface area contributed by atoms with Crippen LogP contribution in [-0.2, 0) is 0 Å². The Balaban J connectivity index is 2.46. The van der Waals surface area contributed by atoms with E-state index < -0.39 is 0 Å². The number of hydrogen-bond acceptors (Lipinski definition) is 2. The van der Waals surface area contributed by atoms with Crippen molar-refractivity contribution in [1.82, 2.24) is 5.32 Å². The van der Waals surface area contributed by atoms with Gasteiger partial charge in [-0.05, 0) is 28.1 Å². The summed E-state index contributed by atoms with van der Waals surface area (Å²) in [5.74, 6) is -0.0608. The summed E-state index contributed by atoms with van der Waals surface area (Å²) < 4.78 is 13.8. The second kappa shape index (κ2) is 3.26. The summed E-state index contributed by atoms with van der Waals surface area (Å²) in [4.78, 5) is 0.